The van der Waals surface area contributed by atoms with Crippen molar-refractivity contribution in [2.24, 2.45) is 0 Å². The standard InChI is InChI=1S/C17H16N2O2/c1-3-12-6-5-7-15(8-12)19-17(20)13-9-14(18)11-16(10-13)21-4-2/h1,5-11H,4,18H2,2H3,(H,19,20). The van der Waals surface area contributed by atoms with Gasteiger partial charge in [-0.1, -0.05) is 12.0 Å². The molecule has 0 radical (unpaired) electrons. The van der Waals surface area contributed by atoms with Crippen molar-refractivity contribution in [3.63, 3.8) is 0 Å². The fourth-order valence-electron chi connectivity index (χ4n) is 1.89. The number of anilines is 2. The Balaban J connectivity index is 2.22. The molecule has 0 aliphatic heterocycles. The third-order valence-electron chi connectivity index (χ3n) is 2.79. The van der Waals surface area contributed by atoms with E-state index in [1.165, 1.54) is 0 Å². The number of carbonyl (C=O) groups is 1. The molecule has 2 aromatic carbocycles. The van der Waals surface area contributed by atoms with E-state index in [2.05, 4.69) is 11.2 Å². The van der Waals surface area contributed by atoms with Crippen molar-refractivity contribution in [2.75, 3.05) is 17.7 Å². The van der Waals surface area contributed by atoms with Crippen LogP contribution in [0, 0.1) is 12.3 Å². The van der Waals surface area contributed by atoms with E-state index in [4.69, 9.17) is 16.9 Å². The average molecular weight is 280 g/mol. The van der Waals surface area contributed by atoms with Gasteiger partial charge in [-0.3, -0.25) is 4.79 Å². The van der Waals surface area contributed by atoms with Crippen LogP contribution in [-0.2, 0) is 0 Å². The molecular weight excluding hydrogens is 264 g/mol. The van der Waals surface area contributed by atoms with Crippen LogP contribution in [-0.4, -0.2) is 12.5 Å². The Kier molecular flexibility index (Phi) is 4.47. The third kappa shape index (κ3) is 3.77. The zero-order valence-electron chi connectivity index (χ0n) is 11.7. The first kappa shape index (κ1) is 14.5. The zero-order chi connectivity index (χ0) is 15.2. The van der Waals surface area contributed by atoms with Gasteiger partial charge in [0.15, 0.2) is 0 Å². The summed E-state index contributed by atoms with van der Waals surface area (Å²) in [5.74, 6) is 2.83. The van der Waals surface area contributed by atoms with Crippen molar-refractivity contribution in [1.29, 1.82) is 0 Å². The number of hydrogen-bond acceptors (Lipinski definition) is 3. The Hall–Kier alpha value is -2.93. The van der Waals surface area contributed by atoms with E-state index in [-0.39, 0.29) is 5.91 Å². The highest BCUT2D eigenvalue weighted by atomic mass is 16.5. The Labute approximate surface area is 123 Å². The summed E-state index contributed by atoms with van der Waals surface area (Å²) in [6.45, 7) is 2.38. The van der Waals surface area contributed by atoms with E-state index in [0.29, 0.717) is 34.9 Å². The highest BCUT2D eigenvalue weighted by Gasteiger charge is 2.09. The van der Waals surface area contributed by atoms with Crippen LogP contribution in [0.5, 0.6) is 5.75 Å². The molecule has 0 fully saturated rings. The van der Waals surface area contributed by atoms with E-state index in [1.807, 2.05) is 6.92 Å². The van der Waals surface area contributed by atoms with Crippen molar-refractivity contribution < 1.29 is 9.53 Å². The maximum atomic E-state index is 12.2. The minimum Gasteiger partial charge on any atom is -0.494 e. The molecule has 4 heteroatoms. The largest absolute Gasteiger partial charge is 0.494 e. The summed E-state index contributed by atoms with van der Waals surface area (Å²) in [6, 6.07) is 12.0. The topological polar surface area (TPSA) is 64.4 Å². The Morgan fingerprint density at radius 2 is 2.14 bits per heavy atom. The molecule has 4 nitrogen and oxygen atoms in total. The molecule has 0 saturated carbocycles. The second kappa shape index (κ2) is 6.49. The van der Waals surface area contributed by atoms with Crippen LogP contribution < -0.4 is 15.8 Å². The Morgan fingerprint density at radius 1 is 1.33 bits per heavy atom. The third-order valence-corrected chi connectivity index (χ3v) is 2.79. The molecule has 106 valence electrons. The van der Waals surface area contributed by atoms with Gasteiger partial charge >= 0.3 is 0 Å². The van der Waals surface area contributed by atoms with Gasteiger partial charge in [-0.2, -0.15) is 0 Å². The fourth-order valence-corrected chi connectivity index (χ4v) is 1.89. The van der Waals surface area contributed by atoms with Crippen molar-refractivity contribution >= 4 is 17.3 Å². The number of ether oxygens (including phenoxy) is 1. The highest BCUT2D eigenvalue weighted by Crippen LogP contribution is 2.20. The second-order valence-corrected chi connectivity index (χ2v) is 4.40. The molecule has 0 heterocycles. The summed E-state index contributed by atoms with van der Waals surface area (Å²) in [6.07, 6.45) is 5.34. The number of amides is 1. The molecule has 2 rings (SSSR count). The number of terminal acetylenes is 1. The van der Waals surface area contributed by atoms with Gasteiger partial charge in [0.1, 0.15) is 5.75 Å². The van der Waals surface area contributed by atoms with Gasteiger partial charge in [0.25, 0.3) is 5.91 Å². The Morgan fingerprint density at radius 3 is 2.86 bits per heavy atom. The maximum Gasteiger partial charge on any atom is 0.255 e. The number of nitrogens with one attached hydrogen (secondary N) is 1. The molecule has 0 atom stereocenters. The average Bonchev–Trinajstić information content (AvgIpc) is 2.47. The number of nitrogens with two attached hydrogens (primary N) is 1. The first-order valence-corrected chi connectivity index (χ1v) is 6.53. The molecule has 0 aromatic heterocycles. The van der Waals surface area contributed by atoms with E-state index in [0.717, 1.165) is 0 Å². The lowest BCUT2D eigenvalue weighted by molar-refractivity contribution is 0.102. The lowest BCUT2D eigenvalue weighted by atomic mass is 10.1. The van der Waals surface area contributed by atoms with Crippen molar-refractivity contribution in [3.8, 4) is 18.1 Å². The van der Waals surface area contributed by atoms with Crippen LogP contribution in [0.15, 0.2) is 42.5 Å². The molecule has 3 N–H and O–H groups in total. The summed E-state index contributed by atoms with van der Waals surface area (Å²) in [5.41, 5.74) is 8.03. The van der Waals surface area contributed by atoms with E-state index in [1.54, 1.807) is 42.5 Å². The van der Waals surface area contributed by atoms with Crippen LogP contribution in [0.3, 0.4) is 0 Å². The quantitative estimate of drug-likeness (QED) is 0.668. The predicted molar refractivity (Wildman–Crippen MR) is 84.4 cm³/mol. The highest BCUT2D eigenvalue weighted by molar-refractivity contribution is 6.05. The summed E-state index contributed by atoms with van der Waals surface area (Å²) in [7, 11) is 0. The van der Waals surface area contributed by atoms with Gasteiger partial charge in [-0.05, 0) is 37.3 Å². The van der Waals surface area contributed by atoms with Gasteiger partial charge in [0.2, 0.25) is 0 Å². The number of nitrogen functional groups attached to an aromatic ring is 1. The molecule has 0 saturated heterocycles. The SMILES string of the molecule is C#Cc1cccc(NC(=O)c2cc(N)cc(OCC)c2)c1. The minimum absolute atomic E-state index is 0.266. The maximum absolute atomic E-state index is 12.2. The molecule has 2 aromatic rings. The summed E-state index contributed by atoms with van der Waals surface area (Å²) in [5, 5.41) is 2.78. The van der Waals surface area contributed by atoms with Gasteiger partial charge in [-0.25, -0.2) is 0 Å². The van der Waals surface area contributed by atoms with Crippen LogP contribution in [0.4, 0.5) is 11.4 Å². The Bertz CT molecular complexity index is 702. The number of carbonyl (C=O) groups excluding carboxylic acids is 1. The van der Waals surface area contributed by atoms with E-state index >= 15 is 0 Å². The molecule has 0 aliphatic rings. The molecule has 0 spiro atoms. The first-order valence-electron chi connectivity index (χ1n) is 6.53. The number of benzene rings is 2. The summed E-state index contributed by atoms with van der Waals surface area (Å²) in [4.78, 5) is 12.2. The second-order valence-electron chi connectivity index (χ2n) is 4.40. The van der Waals surface area contributed by atoms with E-state index in [9.17, 15) is 4.79 Å². The van der Waals surface area contributed by atoms with Gasteiger partial charge in [0.05, 0.1) is 6.61 Å². The zero-order valence-corrected chi connectivity index (χ0v) is 11.7. The monoisotopic (exact) mass is 280 g/mol. The summed E-state index contributed by atoms with van der Waals surface area (Å²) < 4.78 is 5.38. The smallest absolute Gasteiger partial charge is 0.255 e. The van der Waals surface area contributed by atoms with Gasteiger partial charge in [0, 0.05) is 28.6 Å². The lowest BCUT2D eigenvalue weighted by Gasteiger charge is -2.09. The summed E-state index contributed by atoms with van der Waals surface area (Å²) >= 11 is 0. The first-order chi connectivity index (χ1) is 10.1. The molecule has 0 bridgehead atoms. The van der Waals surface area contributed by atoms with Crippen LogP contribution >= 0.6 is 0 Å². The molecule has 0 unspecified atom stereocenters. The predicted octanol–water partition coefficient (Wildman–Crippen LogP) is 2.90. The van der Waals surface area contributed by atoms with Crippen molar-refractivity contribution in [1.82, 2.24) is 0 Å². The van der Waals surface area contributed by atoms with E-state index < -0.39 is 0 Å². The van der Waals surface area contributed by atoms with Crippen LogP contribution in [0.1, 0.15) is 22.8 Å². The minimum atomic E-state index is -0.266. The normalized spacial score (nSPS) is 9.71. The number of hydrogen-bond donors (Lipinski definition) is 2. The molecule has 21 heavy (non-hydrogen) atoms. The van der Waals surface area contributed by atoms with Gasteiger partial charge in [-0.15, -0.1) is 6.42 Å². The van der Waals surface area contributed by atoms with Crippen LogP contribution in [0.2, 0.25) is 0 Å². The lowest BCUT2D eigenvalue weighted by Crippen LogP contribution is -2.12. The van der Waals surface area contributed by atoms with Crippen molar-refractivity contribution in [3.05, 3.63) is 53.6 Å². The van der Waals surface area contributed by atoms with Crippen LogP contribution in [0.25, 0.3) is 0 Å². The fraction of sp³-hybridized carbons (Fsp3) is 0.118. The molecule has 1 amide bonds. The number of rotatable bonds is 4. The molecule has 0 aliphatic carbocycles. The van der Waals surface area contributed by atoms with Crippen molar-refractivity contribution in [2.45, 2.75) is 6.92 Å². The molecular formula is C17H16N2O2. The van der Waals surface area contributed by atoms with Gasteiger partial charge < -0.3 is 15.8 Å².